The number of thioether (sulfide) groups is 1. The van der Waals surface area contributed by atoms with Gasteiger partial charge in [-0.15, -0.1) is 24.2 Å². The normalized spacial score (nSPS) is 15.9. The van der Waals surface area contributed by atoms with Gasteiger partial charge < -0.3 is 10.6 Å². The summed E-state index contributed by atoms with van der Waals surface area (Å²) in [5, 5.41) is 6.20. The molecule has 1 aromatic rings. The van der Waals surface area contributed by atoms with E-state index in [2.05, 4.69) is 15.5 Å². The van der Waals surface area contributed by atoms with E-state index in [0.717, 1.165) is 31.2 Å². The Hall–Kier alpha value is -0.750. The highest BCUT2D eigenvalue weighted by atomic mass is 35.5. The fraction of sp³-hybridized carbons (Fsp3) is 0.588. The summed E-state index contributed by atoms with van der Waals surface area (Å²) < 4.78 is 0. The molecule has 0 aromatic heterocycles. The Morgan fingerprint density at radius 3 is 2.48 bits per heavy atom. The van der Waals surface area contributed by atoms with E-state index in [9.17, 15) is 4.79 Å². The van der Waals surface area contributed by atoms with E-state index < -0.39 is 0 Å². The summed E-state index contributed by atoms with van der Waals surface area (Å²) in [5.41, 5.74) is 0.881. The lowest BCUT2D eigenvalue weighted by Crippen LogP contribution is -2.39. The third-order valence-electron chi connectivity index (χ3n) is 4.25. The maximum Gasteiger partial charge on any atom is 0.238 e. The summed E-state index contributed by atoms with van der Waals surface area (Å²) in [7, 11) is 2.01. The lowest BCUT2D eigenvalue weighted by molar-refractivity contribution is -0.117. The van der Waals surface area contributed by atoms with Gasteiger partial charge in [0.1, 0.15) is 0 Å². The van der Waals surface area contributed by atoms with Crippen molar-refractivity contribution < 1.29 is 4.79 Å². The van der Waals surface area contributed by atoms with Crippen molar-refractivity contribution in [2.24, 2.45) is 5.92 Å². The first-order valence-electron chi connectivity index (χ1n) is 8.02. The van der Waals surface area contributed by atoms with E-state index in [1.165, 1.54) is 24.2 Å². The van der Waals surface area contributed by atoms with E-state index in [1.807, 2.05) is 37.6 Å². The quantitative estimate of drug-likeness (QED) is 0.736. The van der Waals surface area contributed by atoms with Crippen molar-refractivity contribution in [3.63, 3.8) is 0 Å². The Kier molecular flexibility index (Phi) is 9.63. The molecule has 1 heterocycles. The van der Waals surface area contributed by atoms with Crippen molar-refractivity contribution in [1.29, 1.82) is 0 Å². The second-order valence-corrected chi connectivity index (χ2v) is 6.77. The van der Waals surface area contributed by atoms with Crippen molar-refractivity contribution in [3.05, 3.63) is 24.3 Å². The summed E-state index contributed by atoms with van der Waals surface area (Å²) >= 11 is 1.71. The van der Waals surface area contributed by atoms with E-state index in [0.29, 0.717) is 6.54 Å². The van der Waals surface area contributed by atoms with Gasteiger partial charge in [-0.1, -0.05) is 0 Å². The fourth-order valence-corrected chi connectivity index (χ4v) is 3.27. The van der Waals surface area contributed by atoms with E-state index in [4.69, 9.17) is 0 Å². The van der Waals surface area contributed by atoms with Crippen LogP contribution in [0.25, 0.3) is 0 Å². The van der Waals surface area contributed by atoms with Crippen LogP contribution in [0.4, 0.5) is 5.69 Å². The average molecular weight is 358 g/mol. The number of nitrogens with one attached hydrogen (secondary N) is 2. The molecule has 0 saturated carbocycles. The second kappa shape index (κ2) is 10.9. The SMILES string of the molecule is CNCCC1CCN(CC(=O)Nc2ccc(SC)cc2)CC1.Cl. The third-order valence-corrected chi connectivity index (χ3v) is 4.99. The first-order valence-corrected chi connectivity index (χ1v) is 9.24. The largest absolute Gasteiger partial charge is 0.325 e. The fourth-order valence-electron chi connectivity index (χ4n) is 2.86. The second-order valence-electron chi connectivity index (χ2n) is 5.89. The zero-order valence-corrected chi connectivity index (χ0v) is 15.6. The number of benzene rings is 1. The number of anilines is 1. The Labute approximate surface area is 150 Å². The standard InChI is InChI=1S/C17H27N3OS.ClH/c1-18-10-7-14-8-11-20(12-9-14)13-17(21)19-15-3-5-16(22-2)6-4-15;/h3-6,14,18H,7-13H2,1-2H3,(H,19,21);1H. The van der Waals surface area contributed by atoms with Gasteiger partial charge in [0.2, 0.25) is 5.91 Å². The van der Waals surface area contributed by atoms with Gasteiger partial charge in [0, 0.05) is 10.6 Å². The molecule has 0 bridgehead atoms. The maximum atomic E-state index is 12.1. The number of halogens is 1. The predicted molar refractivity (Wildman–Crippen MR) is 102 cm³/mol. The summed E-state index contributed by atoms with van der Waals surface area (Å²) in [5.74, 6) is 0.899. The molecule has 6 heteroatoms. The molecule has 23 heavy (non-hydrogen) atoms. The smallest absolute Gasteiger partial charge is 0.238 e. The number of nitrogens with zero attached hydrogens (tertiary/aromatic N) is 1. The van der Waals surface area contributed by atoms with Gasteiger partial charge in [0.25, 0.3) is 0 Å². The summed E-state index contributed by atoms with van der Waals surface area (Å²) in [6.07, 6.45) is 5.71. The van der Waals surface area contributed by atoms with Gasteiger partial charge in [0.15, 0.2) is 0 Å². The van der Waals surface area contributed by atoms with Crippen LogP contribution >= 0.6 is 24.2 Å². The first-order chi connectivity index (χ1) is 10.7. The molecule has 1 amide bonds. The maximum absolute atomic E-state index is 12.1. The van der Waals surface area contributed by atoms with Crippen LogP contribution in [0.2, 0.25) is 0 Å². The minimum Gasteiger partial charge on any atom is -0.325 e. The van der Waals surface area contributed by atoms with Crippen molar-refractivity contribution in [1.82, 2.24) is 10.2 Å². The molecule has 130 valence electrons. The van der Waals surface area contributed by atoms with Crippen LogP contribution in [-0.4, -0.2) is 50.3 Å². The van der Waals surface area contributed by atoms with Gasteiger partial charge >= 0.3 is 0 Å². The molecule has 1 aliphatic heterocycles. The number of carbonyl (C=O) groups excluding carboxylic acids is 1. The molecular formula is C17H28ClN3OS. The zero-order valence-electron chi connectivity index (χ0n) is 14.0. The molecular weight excluding hydrogens is 330 g/mol. The van der Waals surface area contributed by atoms with E-state index >= 15 is 0 Å². The third kappa shape index (κ3) is 7.12. The van der Waals surface area contributed by atoms with Crippen LogP contribution < -0.4 is 10.6 Å². The molecule has 0 spiro atoms. The predicted octanol–water partition coefficient (Wildman–Crippen LogP) is 3.09. The van der Waals surface area contributed by atoms with Crippen molar-refractivity contribution in [2.75, 3.05) is 44.8 Å². The Balaban J connectivity index is 0.00000264. The molecule has 1 aliphatic rings. The molecule has 2 N–H and O–H groups in total. The monoisotopic (exact) mass is 357 g/mol. The van der Waals surface area contributed by atoms with Crippen LogP contribution in [0.3, 0.4) is 0 Å². The number of likely N-dealkylation sites (tertiary alicyclic amines) is 1. The van der Waals surface area contributed by atoms with Crippen LogP contribution in [0, 0.1) is 5.92 Å². The highest BCUT2D eigenvalue weighted by Crippen LogP contribution is 2.20. The van der Waals surface area contributed by atoms with Crippen molar-refractivity contribution >= 4 is 35.8 Å². The molecule has 2 rings (SSSR count). The number of rotatable bonds is 7. The van der Waals surface area contributed by atoms with Crippen molar-refractivity contribution in [2.45, 2.75) is 24.2 Å². The Bertz CT molecular complexity index is 461. The highest BCUT2D eigenvalue weighted by Gasteiger charge is 2.20. The van der Waals surface area contributed by atoms with Crippen LogP contribution in [0.1, 0.15) is 19.3 Å². The van der Waals surface area contributed by atoms with Crippen LogP contribution in [0.15, 0.2) is 29.2 Å². The molecule has 0 aliphatic carbocycles. The minimum atomic E-state index is 0. The number of hydrogen-bond donors (Lipinski definition) is 2. The van der Waals surface area contributed by atoms with Crippen LogP contribution in [0.5, 0.6) is 0 Å². The lowest BCUT2D eigenvalue weighted by Gasteiger charge is -2.31. The minimum absolute atomic E-state index is 0. The Morgan fingerprint density at radius 2 is 1.91 bits per heavy atom. The van der Waals surface area contributed by atoms with Crippen LogP contribution in [-0.2, 0) is 4.79 Å². The number of amides is 1. The van der Waals surface area contributed by atoms with Gasteiger partial charge in [-0.2, -0.15) is 0 Å². The number of hydrogen-bond acceptors (Lipinski definition) is 4. The summed E-state index contributed by atoms with van der Waals surface area (Å²) in [4.78, 5) is 15.6. The highest BCUT2D eigenvalue weighted by molar-refractivity contribution is 7.98. The first kappa shape index (κ1) is 20.3. The average Bonchev–Trinajstić information content (AvgIpc) is 2.55. The molecule has 0 atom stereocenters. The summed E-state index contributed by atoms with van der Waals surface area (Å²) in [6.45, 7) is 3.67. The van der Waals surface area contributed by atoms with Gasteiger partial charge in [-0.05, 0) is 82.4 Å². The zero-order chi connectivity index (χ0) is 15.8. The summed E-state index contributed by atoms with van der Waals surface area (Å²) in [6, 6.07) is 8.00. The lowest BCUT2D eigenvalue weighted by atomic mass is 9.93. The molecule has 0 radical (unpaired) electrons. The van der Waals surface area contributed by atoms with E-state index in [1.54, 1.807) is 11.8 Å². The number of carbonyl (C=O) groups is 1. The van der Waals surface area contributed by atoms with Gasteiger partial charge in [0.05, 0.1) is 6.54 Å². The topological polar surface area (TPSA) is 44.4 Å². The molecule has 1 aromatic carbocycles. The van der Waals surface area contributed by atoms with Gasteiger partial charge in [-0.3, -0.25) is 9.69 Å². The number of piperidine rings is 1. The van der Waals surface area contributed by atoms with E-state index in [-0.39, 0.29) is 18.3 Å². The molecule has 0 unspecified atom stereocenters. The Morgan fingerprint density at radius 1 is 1.26 bits per heavy atom. The molecule has 1 saturated heterocycles. The van der Waals surface area contributed by atoms with Gasteiger partial charge in [-0.25, -0.2) is 0 Å². The molecule has 1 fully saturated rings. The van der Waals surface area contributed by atoms with Crippen molar-refractivity contribution in [3.8, 4) is 0 Å². The molecule has 4 nitrogen and oxygen atoms in total.